The Bertz CT molecular complexity index is 497. The molecule has 0 atom stereocenters. The first kappa shape index (κ1) is 13.5. The highest BCUT2D eigenvalue weighted by molar-refractivity contribution is 5.89. The predicted octanol–water partition coefficient (Wildman–Crippen LogP) is 2.54. The van der Waals surface area contributed by atoms with Crippen molar-refractivity contribution in [2.75, 3.05) is 0 Å². The van der Waals surface area contributed by atoms with E-state index in [2.05, 4.69) is 9.47 Å². The van der Waals surface area contributed by atoms with Gasteiger partial charge in [-0.1, -0.05) is 18.2 Å². The van der Waals surface area contributed by atoms with Crippen molar-refractivity contribution in [3.05, 3.63) is 29.3 Å². The average Bonchev–Trinajstić information content (AvgIpc) is 2.30. The van der Waals surface area contributed by atoms with E-state index in [1.807, 2.05) is 0 Å². The molecule has 1 aromatic rings. The molecule has 2 rings (SSSR count). The minimum atomic E-state index is -2.95. The van der Waals surface area contributed by atoms with Gasteiger partial charge in [-0.3, -0.25) is 9.59 Å². The van der Waals surface area contributed by atoms with Gasteiger partial charge in [-0.2, -0.15) is 8.78 Å². The Morgan fingerprint density at radius 1 is 1.26 bits per heavy atom. The maximum absolute atomic E-state index is 12.4. The number of ether oxygens (including phenoxy) is 2. The molecule has 4 nitrogen and oxygen atoms in total. The van der Waals surface area contributed by atoms with Crippen LogP contribution in [0.25, 0.3) is 0 Å². The second kappa shape index (κ2) is 5.34. The third kappa shape index (κ3) is 3.07. The van der Waals surface area contributed by atoms with Crippen LogP contribution < -0.4 is 4.74 Å². The van der Waals surface area contributed by atoms with Crippen molar-refractivity contribution in [1.82, 2.24) is 0 Å². The summed E-state index contributed by atoms with van der Waals surface area (Å²) in [5.41, 5.74) is 0.967. The molecule has 1 saturated heterocycles. The number of hydrogen-bond donors (Lipinski definition) is 0. The molecule has 1 aliphatic heterocycles. The van der Waals surface area contributed by atoms with E-state index in [1.165, 1.54) is 0 Å². The highest BCUT2D eigenvalue weighted by Crippen LogP contribution is 2.37. The molecule has 0 radical (unpaired) electrons. The number of aryl methyl sites for hydroxylation is 1. The lowest BCUT2D eigenvalue weighted by atomic mass is 9.89. The van der Waals surface area contributed by atoms with Crippen molar-refractivity contribution in [2.45, 2.75) is 32.3 Å². The molecule has 0 N–H and O–H groups in total. The van der Waals surface area contributed by atoms with Gasteiger partial charge in [0.15, 0.2) is 0 Å². The van der Waals surface area contributed by atoms with Crippen molar-refractivity contribution in [3.8, 4) is 5.75 Å². The van der Waals surface area contributed by atoms with E-state index in [0.29, 0.717) is 11.1 Å². The van der Waals surface area contributed by atoms with Crippen molar-refractivity contribution >= 4 is 11.9 Å². The molecular formula is C13H12F2O4. The Kier molecular flexibility index (Phi) is 3.78. The maximum atomic E-state index is 12.4. The van der Waals surface area contributed by atoms with Crippen molar-refractivity contribution in [1.29, 1.82) is 0 Å². The summed E-state index contributed by atoms with van der Waals surface area (Å²) in [5.74, 6) is -1.75. The van der Waals surface area contributed by atoms with Gasteiger partial charge in [-0.15, -0.1) is 0 Å². The fraction of sp³-hybridized carbons (Fsp3) is 0.385. The third-order valence-corrected chi connectivity index (χ3v) is 2.94. The standard InChI is InChI=1S/C13H12F2O4/c1-7-3-2-4-9(12(7)19-13(14)15)8-5-10(16)18-11(17)6-8/h2-4,8,13H,5-6H2,1H3. The number of benzene rings is 1. The monoisotopic (exact) mass is 270 g/mol. The second-order valence-electron chi connectivity index (χ2n) is 4.32. The lowest BCUT2D eigenvalue weighted by molar-refractivity contribution is -0.163. The molecule has 0 saturated carbocycles. The Balaban J connectivity index is 2.35. The van der Waals surface area contributed by atoms with Gasteiger partial charge >= 0.3 is 18.6 Å². The summed E-state index contributed by atoms with van der Waals surface area (Å²) >= 11 is 0. The zero-order valence-corrected chi connectivity index (χ0v) is 10.2. The van der Waals surface area contributed by atoms with Crippen molar-refractivity contribution < 1.29 is 27.8 Å². The van der Waals surface area contributed by atoms with E-state index in [1.54, 1.807) is 25.1 Å². The number of carbonyl (C=O) groups is 2. The Morgan fingerprint density at radius 2 is 1.89 bits per heavy atom. The van der Waals surface area contributed by atoms with Crippen molar-refractivity contribution in [3.63, 3.8) is 0 Å². The fourth-order valence-electron chi connectivity index (χ4n) is 2.15. The number of halogens is 2. The Morgan fingerprint density at radius 3 is 2.47 bits per heavy atom. The van der Waals surface area contributed by atoms with E-state index in [4.69, 9.17) is 0 Å². The Labute approximate surface area is 108 Å². The molecule has 0 aliphatic carbocycles. The van der Waals surface area contributed by atoms with Gasteiger partial charge in [-0.05, 0) is 18.1 Å². The van der Waals surface area contributed by atoms with Crippen LogP contribution in [-0.2, 0) is 14.3 Å². The van der Waals surface area contributed by atoms with E-state index < -0.39 is 24.5 Å². The quantitative estimate of drug-likeness (QED) is 0.625. The molecule has 1 aliphatic rings. The zero-order valence-electron chi connectivity index (χ0n) is 10.2. The van der Waals surface area contributed by atoms with Crippen LogP contribution in [0.4, 0.5) is 8.78 Å². The van der Waals surface area contributed by atoms with Gasteiger partial charge in [0.2, 0.25) is 0 Å². The molecule has 19 heavy (non-hydrogen) atoms. The van der Waals surface area contributed by atoms with E-state index in [-0.39, 0.29) is 18.6 Å². The van der Waals surface area contributed by atoms with Crippen LogP contribution in [0.5, 0.6) is 5.75 Å². The number of rotatable bonds is 3. The predicted molar refractivity (Wildman–Crippen MR) is 60.9 cm³/mol. The molecule has 1 fully saturated rings. The van der Waals surface area contributed by atoms with Crippen LogP contribution in [0.15, 0.2) is 18.2 Å². The van der Waals surface area contributed by atoms with Crippen LogP contribution in [0.2, 0.25) is 0 Å². The van der Waals surface area contributed by atoms with E-state index in [9.17, 15) is 18.4 Å². The number of esters is 2. The topological polar surface area (TPSA) is 52.6 Å². The summed E-state index contributed by atoms with van der Waals surface area (Å²) in [6.45, 7) is -1.32. The summed E-state index contributed by atoms with van der Waals surface area (Å²) in [5, 5.41) is 0. The highest BCUT2D eigenvalue weighted by Gasteiger charge is 2.31. The number of hydrogen-bond acceptors (Lipinski definition) is 4. The van der Waals surface area contributed by atoms with Gasteiger partial charge in [0.1, 0.15) is 5.75 Å². The average molecular weight is 270 g/mol. The molecule has 0 unspecified atom stereocenters. The molecule has 102 valence electrons. The highest BCUT2D eigenvalue weighted by atomic mass is 19.3. The van der Waals surface area contributed by atoms with Crippen LogP contribution >= 0.6 is 0 Å². The summed E-state index contributed by atoms with van der Waals surface area (Å²) < 4.78 is 33.8. The first-order valence-electron chi connectivity index (χ1n) is 5.75. The van der Waals surface area contributed by atoms with Crippen molar-refractivity contribution in [2.24, 2.45) is 0 Å². The molecule has 1 heterocycles. The van der Waals surface area contributed by atoms with Gasteiger partial charge in [0, 0.05) is 5.92 Å². The van der Waals surface area contributed by atoms with E-state index >= 15 is 0 Å². The lowest BCUT2D eigenvalue weighted by Crippen LogP contribution is -2.24. The van der Waals surface area contributed by atoms with Gasteiger partial charge in [0.05, 0.1) is 12.8 Å². The van der Waals surface area contributed by atoms with Gasteiger partial charge in [-0.25, -0.2) is 0 Å². The normalized spacial score (nSPS) is 16.6. The zero-order chi connectivity index (χ0) is 14.0. The van der Waals surface area contributed by atoms with Crippen LogP contribution in [-0.4, -0.2) is 18.6 Å². The van der Waals surface area contributed by atoms with E-state index in [0.717, 1.165) is 0 Å². The number of cyclic esters (lactones) is 2. The largest absolute Gasteiger partial charge is 0.434 e. The summed E-state index contributed by atoms with van der Waals surface area (Å²) in [6, 6.07) is 4.89. The summed E-state index contributed by atoms with van der Waals surface area (Å²) in [6.07, 6.45) is -0.0381. The lowest BCUT2D eigenvalue weighted by Gasteiger charge is -2.23. The second-order valence-corrected chi connectivity index (χ2v) is 4.32. The van der Waals surface area contributed by atoms with Gasteiger partial charge < -0.3 is 9.47 Å². The molecular weight excluding hydrogens is 258 g/mol. The summed E-state index contributed by atoms with van der Waals surface area (Å²) in [7, 11) is 0. The number of para-hydroxylation sites is 1. The first-order valence-corrected chi connectivity index (χ1v) is 5.75. The molecule has 0 aromatic heterocycles. The molecule has 0 spiro atoms. The maximum Gasteiger partial charge on any atom is 0.387 e. The van der Waals surface area contributed by atoms with Crippen LogP contribution in [0.3, 0.4) is 0 Å². The van der Waals surface area contributed by atoms with Gasteiger partial charge in [0.25, 0.3) is 0 Å². The minimum absolute atomic E-state index is 0.0191. The number of alkyl halides is 2. The first-order chi connectivity index (χ1) is 8.97. The minimum Gasteiger partial charge on any atom is -0.434 e. The smallest absolute Gasteiger partial charge is 0.387 e. The molecule has 1 aromatic carbocycles. The van der Waals surface area contributed by atoms with Crippen LogP contribution in [0.1, 0.15) is 29.9 Å². The molecule has 0 amide bonds. The SMILES string of the molecule is Cc1cccc(C2CC(=O)OC(=O)C2)c1OC(F)F. The molecule has 0 bridgehead atoms. The summed E-state index contributed by atoms with van der Waals surface area (Å²) in [4.78, 5) is 22.5. The third-order valence-electron chi connectivity index (χ3n) is 2.94. The fourth-order valence-corrected chi connectivity index (χ4v) is 2.15. The Hall–Kier alpha value is -1.98. The number of carbonyl (C=O) groups excluding carboxylic acids is 2. The van der Waals surface area contributed by atoms with Crippen LogP contribution in [0, 0.1) is 6.92 Å². The molecule has 6 heteroatoms.